The first-order valence-corrected chi connectivity index (χ1v) is 6.50. The van der Waals surface area contributed by atoms with E-state index in [4.69, 9.17) is 11.6 Å². The van der Waals surface area contributed by atoms with Gasteiger partial charge in [-0.1, -0.05) is 23.3 Å². The molecular weight excluding hydrogens is 250 g/mol. The number of nitrogens with one attached hydrogen (secondary N) is 1. The molecule has 1 aliphatic carbocycles. The molecule has 0 radical (unpaired) electrons. The third kappa shape index (κ3) is 2.46. The van der Waals surface area contributed by atoms with E-state index in [1.54, 1.807) is 4.68 Å². The van der Waals surface area contributed by atoms with E-state index in [1.165, 1.54) is 12.8 Å². The first-order chi connectivity index (χ1) is 8.84. The lowest BCUT2D eigenvalue weighted by atomic mass is 10.3. The van der Waals surface area contributed by atoms with Crippen LogP contribution in [-0.4, -0.2) is 32.1 Å². The number of tetrazole rings is 1. The summed E-state index contributed by atoms with van der Waals surface area (Å²) in [7, 11) is 0. The number of nitrogens with zero attached hydrogens (tertiary/aromatic N) is 4. The summed E-state index contributed by atoms with van der Waals surface area (Å²) >= 11 is 6.25. The average molecular weight is 264 g/mol. The van der Waals surface area contributed by atoms with Crippen LogP contribution in [0.25, 0.3) is 5.69 Å². The lowest BCUT2D eigenvalue weighted by Crippen LogP contribution is -2.18. The highest BCUT2D eigenvalue weighted by Crippen LogP contribution is 2.35. The van der Waals surface area contributed by atoms with Gasteiger partial charge in [0.05, 0.1) is 11.1 Å². The number of para-hydroxylation sites is 1. The number of benzene rings is 1. The van der Waals surface area contributed by atoms with Crippen molar-refractivity contribution in [3.63, 3.8) is 0 Å². The lowest BCUT2D eigenvalue weighted by molar-refractivity contribution is 0.756. The minimum absolute atomic E-state index is 0.158. The van der Waals surface area contributed by atoms with E-state index in [-0.39, 0.29) is 5.38 Å². The van der Waals surface area contributed by atoms with E-state index in [0.29, 0.717) is 18.4 Å². The molecule has 94 valence electrons. The highest BCUT2D eigenvalue weighted by atomic mass is 35.5. The zero-order valence-corrected chi connectivity index (χ0v) is 10.6. The van der Waals surface area contributed by atoms with Gasteiger partial charge >= 0.3 is 0 Å². The number of halogens is 1. The quantitative estimate of drug-likeness (QED) is 0.840. The van der Waals surface area contributed by atoms with Crippen LogP contribution in [0.5, 0.6) is 0 Å². The smallest absolute Gasteiger partial charge is 0.247 e. The molecule has 3 rings (SSSR count). The molecule has 1 unspecified atom stereocenters. The molecule has 1 fully saturated rings. The maximum absolute atomic E-state index is 6.25. The van der Waals surface area contributed by atoms with Crippen LogP contribution in [0.2, 0.25) is 0 Å². The molecule has 0 amide bonds. The monoisotopic (exact) mass is 263 g/mol. The standard InChI is InChI=1S/C12H14ClN5/c13-11(9-6-7-9)8-14-12-15-16-17-18(12)10-4-2-1-3-5-10/h1-5,9,11H,6-8H2,(H,14,15,17). The minimum atomic E-state index is 0.158. The number of rotatable bonds is 5. The Labute approximate surface area is 110 Å². The van der Waals surface area contributed by atoms with Gasteiger partial charge in [-0.05, 0) is 41.3 Å². The van der Waals surface area contributed by atoms with Crippen molar-refractivity contribution in [2.75, 3.05) is 11.9 Å². The molecule has 5 nitrogen and oxygen atoms in total. The van der Waals surface area contributed by atoms with Gasteiger partial charge in [0.25, 0.3) is 0 Å². The predicted octanol–water partition coefficient (Wildman–Crippen LogP) is 2.09. The SMILES string of the molecule is ClC(CNc1nnnn1-c1ccccc1)C1CC1. The zero-order valence-electron chi connectivity index (χ0n) is 9.83. The van der Waals surface area contributed by atoms with Crippen molar-refractivity contribution in [2.24, 2.45) is 5.92 Å². The molecule has 2 aromatic rings. The average Bonchev–Trinajstić information content (AvgIpc) is 3.16. The third-order valence-electron chi connectivity index (χ3n) is 3.06. The second kappa shape index (κ2) is 4.94. The topological polar surface area (TPSA) is 55.6 Å². The molecule has 0 bridgehead atoms. The molecule has 0 aliphatic heterocycles. The molecule has 6 heteroatoms. The van der Waals surface area contributed by atoms with Crippen LogP contribution in [0.1, 0.15) is 12.8 Å². The molecule has 1 aromatic heterocycles. The molecule has 0 saturated heterocycles. The van der Waals surface area contributed by atoms with Gasteiger partial charge in [0.1, 0.15) is 0 Å². The summed E-state index contributed by atoms with van der Waals surface area (Å²) in [6.07, 6.45) is 2.47. The van der Waals surface area contributed by atoms with Gasteiger partial charge < -0.3 is 5.32 Å². The summed E-state index contributed by atoms with van der Waals surface area (Å²) in [6.45, 7) is 0.694. The number of aromatic nitrogens is 4. The van der Waals surface area contributed by atoms with Crippen molar-refractivity contribution < 1.29 is 0 Å². The maximum atomic E-state index is 6.25. The van der Waals surface area contributed by atoms with E-state index >= 15 is 0 Å². The van der Waals surface area contributed by atoms with Crippen molar-refractivity contribution >= 4 is 17.5 Å². The van der Waals surface area contributed by atoms with E-state index in [0.717, 1.165) is 5.69 Å². The highest BCUT2D eigenvalue weighted by molar-refractivity contribution is 6.21. The first-order valence-electron chi connectivity index (χ1n) is 6.06. The second-order valence-electron chi connectivity index (χ2n) is 4.48. The van der Waals surface area contributed by atoms with Gasteiger partial charge in [-0.3, -0.25) is 0 Å². The molecule has 1 aromatic carbocycles. The Morgan fingerprint density at radius 2 is 2.11 bits per heavy atom. The molecule has 18 heavy (non-hydrogen) atoms. The summed E-state index contributed by atoms with van der Waals surface area (Å²) in [5.74, 6) is 1.28. The van der Waals surface area contributed by atoms with Crippen molar-refractivity contribution in [1.29, 1.82) is 0 Å². The van der Waals surface area contributed by atoms with Crippen molar-refractivity contribution in [1.82, 2.24) is 20.2 Å². The first kappa shape index (κ1) is 11.5. The Bertz CT molecular complexity index is 508. The van der Waals surface area contributed by atoms with Crippen molar-refractivity contribution in [2.45, 2.75) is 18.2 Å². The van der Waals surface area contributed by atoms with Crippen LogP contribution in [-0.2, 0) is 0 Å². The normalized spacial score (nSPS) is 16.5. The Morgan fingerprint density at radius 1 is 1.33 bits per heavy atom. The fraction of sp³-hybridized carbons (Fsp3) is 0.417. The third-order valence-corrected chi connectivity index (χ3v) is 3.57. The summed E-state index contributed by atoms with van der Waals surface area (Å²) < 4.78 is 1.68. The summed E-state index contributed by atoms with van der Waals surface area (Å²) in [5.41, 5.74) is 0.933. The highest BCUT2D eigenvalue weighted by Gasteiger charge is 2.29. The molecular formula is C12H14ClN5. The summed E-state index contributed by atoms with van der Waals surface area (Å²) in [4.78, 5) is 0. The Balaban J connectivity index is 1.71. The number of hydrogen-bond acceptors (Lipinski definition) is 4. The molecule has 0 spiro atoms. The predicted molar refractivity (Wildman–Crippen MR) is 70.0 cm³/mol. The van der Waals surface area contributed by atoms with E-state index in [1.807, 2.05) is 30.3 Å². The molecule has 1 saturated carbocycles. The molecule has 1 aliphatic rings. The number of anilines is 1. The summed E-state index contributed by atoms with van der Waals surface area (Å²) in [6, 6.07) is 9.79. The van der Waals surface area contributed by atoms with Crippen LogP contribution in [0.15, 0.2) is 30.3 Å². The fourth-order valence-electron chi connectivity index (χ4n) is 1.85. The summed E-state index contributed by atoms with van der Waals surface area (Å²) in [5, 5.41) is 15.0. The van der Waals surface area contributed by atoms with Gasteiger partial charge in [-0.15, -0.1) is 11.6 Å². The molecule has 1 heterocycles. The Morgan fingerprint density at radius 3 is 2.83 bits per heavy atom. The Hall–Kier alpha value is -1.62. The fourth-order valence-corrected chi connectivity index (χ4v) is 2.18. The van der Waals surface area contributed by atoms with Crippen LogP contribution in [0.4, 0.5) is 5.95 Å². The van der Waals surface area contributed by atoms with Gasteiger partial charge in [-0.2, -0.15) is 4.68 Å². The molecule has 1 N–H and O–H groups in total. The Kier molecular flexibility index (Phi) is 3.15. The lowest BCUT2D eigenvalue weighted by Gasteiger charge is -2.10. The van der Waals surface area contributed by atoms with Gasteiger partial charge in [0.2, 0.25) is 5.95 Å². The second-order valence-corrected chi connectivity index (χ2v) is 5.04. The van der Waals surface area contributed by atoms with Crippen LogP contribution in [0, 0.1) is 5.92 Å². The van der Waals surface area contributed by atoms with Gasteiger partial charge in [-0.25, -0.2) is 0 Å². The van der Waals surface area contributed by atoms with Crippen LogP contribution < -0.4 is 5.32 Å². The van der Waals surface area contributed by atoms with Gasteiger partial charge in [0.15, 0.2) is 0 Å². The number of alkyl halides is 1. The van der Waals surface area contributed by atoms with E-state index in [9.17, 15) is 0 Å². The largest absolute Gasteiger partial charge is 0.351 e. The molecule has 1 atom stereocenters. The van der Waals surface area contributed by atoms with Crippen molar-refractivity contribution in [3.05, 3.63) is 30.3 Å². The van der Waals surface area contributed by atoms with E-state index in [2.05, 4.69) is 20.8 Å². The zero-order chi connectivity index (χ0) is 12.4. The minimum Gasteiger partial charge on any atom is -0.351 e. The van der Waals surface area contributed by atoms with Crippen LogP contribution >= 0.6 is 11.6 Å². The van der Waals surface area contributed by atoms with Crippen LogP contribution in [0.3, 0.4) is 0 Å². The van der Waals surface area contributed by atoms with E-state index < -0.39 is 0 Å². The van der Waals surface area contributed by atoms with Gasteiger partial charge in [0, 0.05) is 6.54 Å². The number of hydrogen-bond donors (Lipinski definition) is 1. The van der Waals surface area contributed by atoms with Crippen molar-refractivity contribution in [3.8, 4) is 5.69 Å². The maximum Gasteiger partial charge on any atom is 0.247 e.